The molecule has 0 radical (unpaired) electrons. The lowest BCUT2D eigenvalue weighted by atomic mass is 9.72. The molecule has 0 aromatic heterocycles. The lowest BCUT2D eigenvalue weighted by Gasteiger charge is -2.34. The van der Waals surface area contributed by atoms with Crippen LogP contribution in [0.15, 0.2) is 30.3 Å². The molecule has 0 aliphatic rings. The zero-order valence-corrected chi connectivity index (χ0v) is 13.3. The van der Waals surface area contributed by atoms with E-state index in [4.69, 9.17) is 10.5 Å². The summed E-state index contributed by atoms with van der Waals surface area (Å²) in [6.07, 6.45) is 0.362. The van der Waals surface area contributed by atoms with Gasteiger partial charge in [-0.2, -0.15) is 0 Å². The number of esters is 1. The highest BCUT2D eigenvalue weighted by atomic mass is 16.6. The minimum absolute atomic E-state index is 0.135. The van der Waals surface area contributed by atoms with Crippen molar-refractivity contribution in [1.82, 2.24) is 0 Å². The highest BCUT2D eigenvalue weighted by Gasteiger charge is 2.33. The van der Waals surface area contributed by atoms with E-state index in [0.717, 1.165) is 0 Å². The van der Waals surface area contributed by atoms with Crippen molar-refractivity contribution in [3.8, 4) is 0 Å². The molecule has 1 unspecified atom stereocenters. The van der Waals surface area contributed by atoms with Gasteiger partial charge >= 0.3 is 5.97 Å². The van der Waals surface area contributed by atoms with Crippen LogP contribution in [0.2, 0.25) is 0 Å². The van der Waals surface area contributed by atoms with Gasteiger partial charge < -0.3 is 10.5 Å². The van der Waals surface area contributed by atoms with E-state index < -0.39 is 5.60 Å². The first-order valence-corrected chi connectivity index (χ1v) is 7.12. The summed E-state index contributed by atoms with van der Waals surface area (Å²) >= 11 is 0. The Morgan fingerprint density at radius 3 is 2.15 bits per heavy atom. The number of nitrogens with two attached hydrogens (primary N) is 1. The maximum Gasteiger partial charge on any atom is 0.306 e. The third kappa shape index (κ3) is 4.97. The van der Waals surface area contributed by atoms with Crippen LogP contribution in [0.1, 0.15) is 52.5 Å². The first-order valence-electron chi connectivity index (χ1n) is 7.12. The van der Waals surface area contributed by atoms with Crippen molar-refractivity contribution >= 4 is 5.97 Å². The second-order valence-corrected chi connectivity index (χ2v) is 6.95. The molecule has 3 nitrogen and oxygen atoms in total. The Labute approximate surface area is 122 Å². The Morgan fingerprint density at radius 2 is 1.70 bits per heavy atom. The van der Waals surface area contributed by atoms with E-state index in [0.29, 0.717) is 13.0 Å². The molecule has 1 rings (SSSR count). The molecular weight excluding hydrogens is 250 g/mol. The van der Waals surface area contributed by atoms with Gasteiger partial charge in [0.15, 0.2) is 0 Å². The maximum absolute atomic E-state index is 12.1. The van der Waals surface area contributed by atoms with Gasteiger partial charge in [-0.15, -0.1) is 0 Å². The number of hydrogen-bond donors (Lipinski definition) is 1. The van der Waals surface area contributed by atoms with Crippen LogP contribution >= 0.6 is 0 Å². The minimum atomic E-state index is -0.446. The monoisotopic (exact) mass is 277 g/mol. The number of hydrogen-bond acceptors (Lipinski definition) is 3. The SMILES string of the molecule is CC(C)(C)OC(=O)CC(C)(C)C(CN)c1ccccc1. The summed E-state index contributed by atoms with van der Waals surface area (Å²) in [5, 5.41) is 0. The highest BCUT2D eigenvalue weighted by molar-refractivity contribution is 5.70. The fraction of sp³-hybridized carbons (Fsp3) is 0.588. The standard InChI is InChI=1S/C17H27NO2/c1-16(2,3)20-15(19)11-17(4,5)14(12-18)13-9-7-6-8-10-13/h6-10,14H,11-12,18H2,1-5H3. The largest absolute Gasteiger partial charge is 0.460 e. The van der Waals surface area contributed by atoms with E-state index in [1.54, 1.807) is 0 Å². The van der Waals surface area contributed by atoms with Crippen LogP contribution in [0.4, 0.5) is 0 Å². The summed E-state index contributed by atoms with van der Waals surface area (Å²) in [5.41, 5.74) is 6.43. The van der Waals surface area contributed by atoms with Gasteiger partial charge in [0.1, 0.15) is 5.60 Å². The average Bonchev–Trinajstić information content (AvgIpc) is 2.27. The molecule has 0 spiro atoms. The van der Waals surface area contributed by atoms with Gasteiger partial charge in [-0.25, -0.2) is 0 Å². The van der Waals surface area contributed by atoms with E-state index in [1.807, 2.05) is 39.0 Å². The summed E-state index contributed by atoms with van der Waals surface area (Å²) in [5.74, 6) is -0.0342. The highest BCUT2D eigenvalue weighted by Crippen LogP contribution is 2.38. The van der Waals surface area contributed by atoms with Crippen molar-refractivity contribution < 1.29 is 9.53 Å². The van der Waals surface area contributed by atoms with Gasteiger partial charge in [-0.1, -0.05) is 44.2 Å². The summed E-state index contributed by atoms with van der Waals surface area (Å²) in [7, 11) is 0. The van der Waals surface area contributed by atoms with Gasteiger partial charge in [-0.3, -0.25) is 4.79 Å². The molecule has 0 aliphatic carbocycles. The summed E-state index contributed by atoms with van der Waals surface area (Å²) < 4.78 is 5.42. The third-order valence-electron chi connectivity index (χ3n) is 3.40. The van der Waals surface area contributed by atoms with Gasteiger partial charge in [-0.05, 0) is 38.3 Å². The maximum atomic E-state index is 12.1. The predicted molar refractivity (Wildman–Crippen MR) is 82.5 cm³/mol. The molecule has 112 valence electrons. The van der Waals surface area contributed by atoms with E-state index >= 15 is 0 Å². The second kappa shape index (κ2) is 6.40. The van der Waals surface area contributed by atoms with Gasteiger partial charge in [0.2, 0.25) is 0 Å². The van der Waals surface area contributed by atoms with Crippen LogP contribution in [-0.4, -0.2) is 18.1 Å². The smallest absolute Gasteiger partial charge is 0.306 e. The molecule has 3 heteroatoms. The van der Waals surface area contributed by atoms with Crippen molar-refractivity contribution in [3.63, 3.8) is 0 Å². The molecule has 0 aliphatic heterocycles. The number of ether oxygens (including phenoxy) is 1. The molecule has 0 saturated heterocycles. The molecule has 0 fully saturated rings. The van der Waals surface area contributed by atoms with Gasteiger partial charge in [0.25, 0.3) is 0 Å². The second-order valence-electron chi connectivity index (χ2n) is 6.95. The summed E-state index contributed by atoms with van der Waals surface area (Å²) in [4.78, 5) is 12.1. The number of carbonyl (C=O) groups excluding carboxylic acids is 1. The Balaban J connectivity index is 2.83. The lowest BCUT2D eigenvalue weighted by Crippen LogP contribution is -2.33. The van der Waals surface area contributed by atoms with E-state index in [2.05, 4.69) is 26.0 Å². The van der Waals surface area contributed by atoms with Gasteiger partial charge in [0.05, 0.1) is 6.42 Å². The Bertz CT molecular complexity index is 432. The molecule has 0 bridgehead atoms. The Hall–Kier alpha value is -1.35. The molecule has 1 atom stereocenters. The topological polar surface area (TPSA) is 52.3 Å². The molecular formula is C17H27NO2. The van der Waals surface area contributed by atoms with E-state index in [9.17, 15) is 4.79 Å². The van der Waals surface area contributed by atoms with Crippen LogP contribution in [0.25, 0.3) is 0 Å². The van der Waals surface area contributed by atoms with Crippen LogP contribution < -0.4 is 5.73 Å². The van der Waals surface area contributed by atoms with Crippen molar-refractivity contribution in [2.75, 3.05) is 6.54 Å². The molecule has 20 heavy (non-hydrogen) atoms. The lowest BCUT2D eigenvalue weighted by molar-refractivity contribution is -0.157. The molecule has 0 heterocycles. The minimum Gasteiger partial charge on any atom is -0.460 e. The first kappa shape index (κ1) is 16.7. The zero-order chi connectivity index (χ0) is 15.4. The summed E-state index contributed by atoms with van der Waals surface area (Å²) in [6.45, 7) is 10.3. The van der Waals surface area contributed by atoms with Crippen LogP contribution in [0, 0.1) is 5.41 Å². The number of carbonyl (C=O) groups is 1. The normalized spacial score (nSPS) is 13.9. The Morgan fingerprint density at radius 1 is 1.15 bits per heavy atom. The van der Waals surface area contributed by atoms with Crippen molar-refractivity contribution in [3.05, 3.63) is 35.9 Å². The van der Waals surface area contributed by atoms with E-state index in [1.165, 1.54) is 5.56 Å². The molecule has 0 saturated carbocycles. The molecule has 1 aromatic carbocycles. The van der Waals surface area contributed by atoms with Crippen molar-refractivity contribution in [1.29, 1.82) is 0 Å². The predicted octanol–water partition coefficient (Wildman–Crippen LogP) is 3.49. The van der Waals surface area contributed by atoms with E-state index in [-0.39, 0.29) is 17.3 Å². The zero-order valence-electron chi connectivity index (χ0n) is 13.3. The first-order chi connectivity index (χ1) is 9.15. The van der Waals surface area contributed by atoms with Crippen LogP contribution in [0.3, 0.4) is 0 Å². The molecule has 2 N–H and O–H groups in total. The van der Waals surface area contributed by atoms with Crippen molar-refractivity contribution in [2.45, 2.75) is 52.6 Å². The summed E-state index contributed by atoms with van der Waals surface area (Å²) in [6, 6.07) is 10.1. The average molecular weight is 277 g/mol. The quantitative estimate of drug-likeness (QED) is 0.838. The fourth-order valence-corrected chi connectivity index (χ4v) is 2.46. The van der Waals surface area contributed by atoms with Crippen LogP contribution in [-0.2, 0) is 9.53 Å². The Kier molecular flexibility index (Phi) is 5.35. The molecule has 1 aromatic rings. The third-order valence-corrected chi connectivity index (χ3v) is 3.40. The number of rotatable bonds is 5. The number of benzene rings is 1. The fourth-order valence-electron chi connectivity index (χ4n) is 2.46. The molecule has 0 amide bonds. The van der Waals surface area contributed by atoms with Crippen molar-refractivity contribution in [2.24, 2.45) is 11.1 Å². The van der Waals surface area contributed by atoms with Gasteiger partial charge in [0, 0.05) is 5.92 Å². The van der Waals surface area contributed by atoms with Crippen LogP contribution in [0.5, 0.6) is 0 Å².